The van der Waals surface area contributed by atoms with Gasteiger partial charge in [0.05, 0.1) is 24.8 Å². The molecule has 0 saturated carbocycles. The number of rotatable bonds is 8. The predicted molar refractivity (Wildman–Crippen MR) is 102 cm³/mol. The van der Waals surface area contributed by atoms with E-state index >= 15 is 0 Å². The number of thioether (sulfide) groups is 1. The van der Waals surface area contributed by atoms with Gasteiger partial charge in [0.2, 0.25) is 0 Å². The number of hydrogen-bond donors (Lipinski definition) is 1. The first-order valence-electron chi connectivity index (χ1n) is 8.25. The van der Waals surface area contributed by atoms with Crippen LogP contribution >= 0.6 is 11.8 Å². The minimum Gasteiger partial charge on any atom is -0.494 e. The predicted octanol–water partition coefficient (Wildman–Crippen LogP) is 2.87. The van der Waals surface area contributed by atoms with Crippen LogP contribution in [0.3, 0.4) is 0 Å². The quantitative estimate of drug-likeness (QED) is 0.248. The summed E-state index contributed by atoms with van der Waals surface area (Å²) in [5.74, 6) is -0.218. The molecule has 1 aromatic rings. The van der Waals surface area contributed by atoms with E-state index < -0.39 is 11.9 Å². The second-order valence-electron chi connectivity index (χ2n) is 5.37. The van der Waals surface area contributed by atoms with Crippen LogP contribution in [0.4, 0.5) is 0 Å². The second kappa shape index (κ2) is 10.4. The van der Waals surface area contributed by atoms with Gasteiger partial charge in [-0.3, -0.25) is 10.1 Å². The Balaban J connectivity index is 1.94. The maximum atomic E-state index is 11.7. The molecule has 138 valence electrons. The van der Waals surface area contributed by atoms with E-state index in [9.17, 15) is 9.59 Å². The first kappa shape index (κ1) is 19.7. The van der Waals surface area contributed by atoms with E-state index in [2.05, 4.69) is 27.2 Å². The number of benzene rings is 1. The number of carbonyl (C=O) groups is 2. The lowest BCUT2D eigenvalue weighted by Gasteiger charge is -2.05. The van der Waals surface area contributed by atoms with E-state index in [1.165, 1.54) is 7.11 Å². The highest BCUT2D eigenvalue weighted by atomic mass is 32.2. The van der Waals surface area contributed by atoms with Crippen LogP contribution in [-0.4, -0.2) is 37.0 Å². The first-order chi connectivity index (χ1) is 12.6. The third kappa shape index (κ3) is 6.36. The van der Waals surface area contributed by atoms with Crippen molar-refractivity contribution in [2.75, 3.05) is 13.7 Å². The third-order valence-electron chi connectivity index (χ3n) is 3.33. The van der Waals surface area contributed by atoms with Gasteiger partial charge in [-0.15, -0.1) is 5.10 Å². The number of esters is 1. The molecule has 0 atom stereocenters. The average Bonchev–Trinajstić information content (AvgIpc) is 2.98. The van der Waals surface area contributed by atoms with Gasteiger partial charge in [0.25, 0.3) is 5.91 Å². The highest BCUT2D eigenvalue weighted by molar-refractivity contribution is 8.18. The van der Waals surface area contributed by atoms with Gasteiger partial charge in [0.15, 0.2) is 5.17 Å². The van der Waals surface area contributed by atoms with Crippen molar-refractivity contribution in [2.24, 2.45) is 10.2 Å². The number of ether oxygens (including phenoxy) is 2. The van der Waals surface area contributed by atoms with Gasteiger partial charge in [-0.25, -0.2) is 4.79 Å². The summed E-state index contributed by atoms with van der Waals surface area (Å²) in [4.78, 5) is 23.1. The van der Waals surface area contributed by atoms with E-state index in [0.717, 1.165) is 48.4 Å². The molecule has 0 bridgehead atoms. The molecule has 1 N–H and O–H groups in total. The van der Waals surface area contributed by atoms with E-state index in [1.54, 1.807) is 6.21 Å². The Morgan fingerprint density at radius 1 is 1.35 bits per heavy atom. The van der Waals surface area contributed by atoms with Gasteiger partial charge in [0.1, 0.15) is 5.75 Å². The maximum Gasteiger partial charge on any atom is 0.331 e. The highest BCUT2D eigenvalue weighted by Crippen LogP contribution is 2.23. The smallest absolute Gasteiger partial charge is 0.331 e. The number of nitrogens with zero attached hydrogens (tertiary/aromatic N) is 2. The van der Waals surface area contributed by atoms with Crippen LogP contribution in [0.15, 0.2) is 45.4 Å². The van der Waals surface area contributed by atoms with Crippen molar-refractivity contribution >= 4 is 35.0 Å². The number of nitrogens with one attached hydrogen (secondary N) is 1. The molecule has 0 unspecified atom stereocenters. The number of amides is 1. The number of amidine groups is 1. The normalized spacial score (nSPS) is 17.1. The van der Waals surface area contributed by atoms with E-state index in [-0.39, 0.29) is 4.91 Å². The highest BCUT2D eigenvalue weighted by Gasteiger charge is 2.24. The number of hydrogen-bond acceptors (Lipinski definition) is 7. The molecule has 0 spiro atoms. The van der Waals surface area contributed by atoms with E-state index in [0.29, 0.717) is 11.8 Å². The van der Waals surface area contributed by atoms with Crippen LogP contribution in [0.1, 0.15) is 31.7 Å². The minimum absolute atomic E-state index is 0.216. The zero-order chi connectivity index (χ0) is 18.8. The van der Waals surface area contributed by atoms with Gasteiger partial charge in [-0.1, -0.05) is 31.9 Å². The molecule has 0 aliphatic carbocycles. The van der Waals surface area contributed by atoms with Crippen molar-refractivity contribution in [3.63, 3.8) is 0 Å². The van der Waals surface area contributed by atoms with Crippen molar-refractivity contribution in [3.05, 3.63) is 40.8 Å². The molecular formula is C18H21N3O4S. The molecule has 8 heteroatoms. The largest absolute Gasteiger partial charge is 0.494 e. The zero-order valence-electron chi connectivity index (χ0n) is 14.7. The van der Waals surface area contributed by atoms with Gasteiger partial charge in [0, 0.05) is 6.08 Å². The summed E-state index contributed by atoms with van der Waals surface area (Å²) in [6.45, 7) is 2.84. The molecule has 7 nitrogen and oxygen atoms in total. The lowest BCUT2D eigenvalue weighted by atomic mass is 10.2. The summed E-state index contributed by atoms with van der Waals surface area (Å²) in [6.07, 6.45) is 6.02. The SMILES string of the molecule is CCCCCOc1cccc(C=N/N=C2/NC(=O)/C(=C\C(=O)OC)S2)c1. The van der Waals surface area contributed by atoms with Crippen LogP contribution in [0.5, 0.6) is 5.75 Å². The monoisotopic (exact) mass is 375 g/mol. The van der Waals surface area contributed by atoms with Gasteiger partial charge in [-0.05, 0) is 35.9 Å². The van der Waals surface area contributed by atoms with Crippen LogP contribution < -0.4 is 10.1 Å². The van der Waals surface area contributed by atoms with Crippen LogP contribution in [0.2, 0.25) is 0 Å². The lowest BCUT2D eigenvalue weighted by molar-refractivity contribution is -0.135. The van der Waals surface area contributed by atoms with Gasteiger partial charge >= 0.3 is 5.97 Å². The summed E-state index contributed by atoms with van der Waals surface area (Å²) < 4.78 is 10.2. The Morgan fingerprint density at radius 2 is 2.19 bits per heavy atom. The first-order valence-corrected chi connectivity index (χ1v) is 9.06. The Morgan fingerprint density at radius 3 is 2.96 bits per heavy atom. The molecule has 1 amide bonds. The van der Waals surface area contributed by atoms with Gasteiger partial charge in [-0.2, -0.15) is 5.10 Å². The summed E-state index contributed by atoms with van der Waals surface area (Å²) in [7, 11) is 1.25. The second-order valence-corrected chi connectivity index (χ2v) is 6.40. The fourth-order valence-electron chi connectivity index (χ4n) is 2.02. The Labute approximate surface area is 156 Å². The van der Waals surface area contributed by atoms with Crippen molar-refractivity contribution in [1.29, 1.82) is 0 Å². The zero-order valence-corrected chi connectivity index (χ0v) is 15.5. The summed E-state index contributed by atoms with van der Waals surface area (Å²) >= 11 is 1.03. The Bertz CT molecular complexity index is 744. The van der Waals surface area contributed by atoms with Crippen molar-refractivity contribution in [1.82, 2.24) is 5.32 Å². The average molecular weight is 375 g/mol. The van der Waals surface area contributed by atoms with Gasteiger partial charge < -0.3 is 9.47 Å². The van der Waals surface area contributed by atoms with E-state index in [4.69, 9.17) is 4.74 Å². The molecule has 1 heterocycles. The van der Waals surface area contributed by atoms with Crippen molar-refractivity contribution in [3.8, 4) is 5.75 Å². The lowest BCUT2D eigenvalue weighted by Crippen LogP contribution is -2.19. The molecule has 1 saturated heterocycles. The van der Waals surface area contributed by atoms with E-state index in [1.807, 2.05) is 24.3 Å². The minimum atomic E-state index is -0.594. The number of unbranched alkanes of at least 4 members (excludes halogenated alkanes) is 2. The topological polar surface area (TPSA) is 89.4 Å². The molecule has 0 radical (unpaired) electrons. The Hall–Kier alpha value is -2.61. The number of methoxy groups -OCH3 is 1. The Kier molecular flexibility index (Phi) is 7.88. The maximum absolute atomic E-state index is 11.7. The molecule has 1 aliphatic heterocycles. The summed E-state index contributed by atoms with van der Waals surface area (Å²) in [6, 6.07) is 7.53. The molecule has 2 rings (SSSR count). The van der Waals surface area contributed by atoms with Crippen molar-refractivity contribution < 1.29 is 19.1 Å². The van der Waals surface area contributed by atoms with Crippen LogP contribution in [-0.2, 0) is 14.3 Å². The fourth-order valence-corrected chi connectivity index (χ4v) is 2.75. The molecule has 1 fully saturated rings. The summed E-state index contributed by atoms with van der Waals surface area (Å²) in [5.41, 5.74) is 0.835. The molecule has 1 aliphatic rings. The van der Waals surface area contributed by atoms with Crippen LogP contribution in [0.25, 0.3) is 0 Å². The molecule has 0 aromatic heterocycles. The standard InChI is InChI=1S/C18H21N3O4S/c1-3-4-5-9-25-14-8-6-7-13(10-14)12-19-21-18-20-17(23)15(26-18)11-16(22)24-2/h6-8,10-12H,3-5,9H2,1-2H3,(H,20,21,23)/b15-11+,19-12?. The molecular weight excluding hydrogens is 354 g/mol. The fraction of sp³-hybridized carbons (Fsp3) is 0.333. The molecule has 1 aromatic carbocycles. The summed E-state index contributed by atoms with van der Waals surface area (Å²) in [5, 5.41) is 10.8. The van der Waals surface area contributed by atoms with Crippen LogP contribution in [0, 0.1) is 0 Å². The van der Waals surface area contributed by atoms with Crippen molar-refractivity contribution in [2.45, 2.75) is 26.2 Å². The number of carbonyl (C=O) groups excluding carboxylic acids is 2. The third-order valence-corrected chi connectivity index (χ3v) is 4.23. The molecule has 26 heavy (non-hydrogen) atoms.